The molecular formula is C22H19ClN2O2. The van der Waals surface area contributed by atoms with E-state index in [1.165, 1.54) is 5.56 Å². The number of aryl methyl sites for hydroxylation is 2. The average Bonchev–Trinajstić information content (AvgIpc) is 3.28. The van der Waals surface area contributed by atoms with E-state index >= 15 is 0 Å². The molecule has 0 N–H and O–H groups in total. The van der Waals surface area contributed by atoms with Gasteiger partial charge in [-0.3, -0.25) is 0 Å². The standard InChI is InChI=1S/C22H19ClN2O2/c1-13-3-6-15(7-4-13)22-25-19(17-11-16(23)8-10-20(17)27-22)12-18(24-25)21-9-5-14(2)26-21/h3-11,19,22H,12H2,1-2H3/t19-,22+/m0/s1. The zero-order chi connectivity index (χ0) is 18.5. The Labute approximate surface area is 163 Å². The first-order valence-corrected chi connectivity index (χ1v) is 9.41. The number of hydrogen-bond donors (Lipinski definition) is 0. The number of rotatable bonds is 2. The van der Waals surface area contributed by atoms with E-state index in [0.29, 0.717) is 5.02 Å². The van der Waals surface area contributed by atoms with Crippen LogP contribution in [0, 0.1) is 13.8 Å². The Morgan fingerprint density at radius 2 is 1.85 bits per heavy atom. The topological polar surface area (TPSA) is 38.0 Å². The molecule has 0 unspecified atom stereocenters. The van der Waals surface area contributed by atoms with E-state index in [4.69, 9.17) is 25.9 Å². The molecule has 2 aliphatic heterocycles. The van der Waals surface area contributed by atoms with E-state index in [1.54, 1.807) is 0 Å². The molecule has 2 atom stereocenters. The van der Waals surface area contributed by atoms with Crippen LogP contribution in [0.3, 0.4) is 0 Å². The molecule has 136 valence electrons. The molecule has 27 heavy (non-hydrogen) atoms. The number of nitrogens with zero attached hydrogens (tertiary/aromatic N) is 2. The molecule has 0 saturated heterocycles. The van der Waals surface area contributed by atoms with Crippen molar-refractivity contribution in [1.29, 1.82) is 0 Å². The van der Waals surface area contributed by atoms with Crippen LogP contribution in [0.4, 0.5) is 0 Å². The number of ether oxygens (including phenoxy) is 1. The molecule has 2 aliphatic rings. The van der Waals surface area contributed by atoms with Gasteiger partial charge in [-0.2, -0.15) is 5.10 Å². The van der Waals surface area contributed by atoms with E-state index in [9.17, 15) is 0 Å². The van der Waals surface area contributed by atoms with Gasteiger partial charge in [0.05, 0.1) is 6.04 Å². The monoisotopic (exact) mass is 378 g/mol. The SMILES string of the molecule is Cc1ccc([C@H]2Oc3ccc(Cl)cc3[C@@H]3CC(c4ccc(C)o4)=NN23)cc1. The van der Waals surface area contributed by atoms with Crippen LogP contribution in [0.1, 0.15) is 46.9 Å². The van der Waals surface area contributed by atoms with Crippen LogP contribution in [0.5, 0.6) is 5.75 Å². The smallest absolute Gasteiger partial charge is 0.213 e. The lowest BCUT2D eigenvalue weighted by molar-refractivity contribution is -0.0190. The normalized spacial score (nSPS) is 20.7. The summed E-state index contributed by atoms with van der Waals surface area (Å²) in [7, 11) is 0. The lowest BCUT2D eigenvalue weighted by Gasteiger charge is -2.38. The predicted octanol–water partition coefficient (Wildman–Crippen LogP) is 5.79. The fraction of sp³-hybridized carbons (Fsp3) is 0.227. The van der Waals surface area contributed by atoms with E-state index < -0.39 is 0 Å². The Bertz CT molecular complexity index is 1040. The third-order valence-corrected chi connectivity index (χ3v) is 5.37. The summed E-state index contributed by atoms with van der Waals surface area (Å²) in [5.41, 5.74) is 4.29. The molecular weight excluding hydrogens is 360 g/mol. The van der Waals surface area contributed by atoms with E-state index in [1.807, 2.05) is 42.3 Å². The fourth-order valence-corrected chi connectivity index (χ4v) is 3.93. The molecule has 0 saturated carbocycles. The van der Waals surface area contributed by atoms with Crippen molar-refractivity contribution in [3.63, 3.8) is 0 Å². The van der Waals surface area contributed by atoms with Crippen LogP contribution >= 0.6 is 11.6 Å². The third-order valence-electron chi connectivity index (χ3n) is 5.14. The first-order valence-electron chi connectivity index (χ1n) is 9.04. The first-order chi connectivity index (χ1) is 13.1. The van der Waals surface area contributed by atoms with Crippen LogP contribution in [-0.4, -0.2) is 10.7 Å². The van der Waals surface area contributed by atoms with Gasteiger partial charge in [-0.05, 0) is 44.2 Å². The molecule has 4 nitrogen and oxygen atoms in total. The number of fused-ring (bicyclic) bond motifs is 3. The van der Waals surface area contributed by atoms with Crippen molar-refractivity contribution in [2.45, 2.75) is 32.5 Å². The summed E-state index contributed by atoms with van der Waals surface area (Å²) in [6, 6.07) is 18.2. The second-order valence-electron chi connectivity index (χ2n) is 7.12. The molecule has 5 heteroatoms. The molecule has 3 aromatic rings. The maximum atomic E-state index is 6.35. The highest BCUT2D eigenvalue weighted by Gasteiger charge is 2.41. The van der Waals surface area contributed by atoms with E-state index in [-0.39, 0.29) is 12.3 Å². The van der Waals surface area contributed by atoms with E-state index in [2.05, 4.69) is 31.2 Å². The Morgan fingerprint density at radius 3 is 2.59 bits per heavy atom. The van der Waals surface area contributed by atoms with Gasteiger partial charge in [0.15, 0.2) is 0 Å². The van der Waals surface area contributed by atoms with Crippen molar-refractivity contribution >= 4 is 17.3 Å². The quantitative estimate of drug-likeness (QED) is 0.566. The van der Waals surface area contributed by atoms with Gasteiger partial charge in [0.2, 0.25) is 6.23 Å². The summed E-state index contributed by atoms with van der Waals surface area (Å²) in [4.78, 5) is 0. The molecule has 5 rings (SSSR count). The minimum atomic E-state index is -0.280. The maximum absolute atomic E-state index is 6.35. The highest BCUT2D eigenvalue weighted by molar-refractivity contribution is 6.30. The predicted molar refractivity (Wildman–Crippen MR) is 105 cm³/mol. The molecule has 0 spiro atoms. The van der Waals surface area contributed by atoms with Crippen LogP contribution in [-0.2, 0) is 0 Å². The zero-order valence-electron chi connectivity index (χ0n) is 15.1. The van der Waals surface area contributed by atoms with Crippen molar-refractivity contribution in [3.8, 4) is 5.75 Å². The molecule has 3 heterocycles. The third kappa shape index (κ3) is 2.81. The molecule has 0 amide bonds. The van der Waals surface area contributed by atoms with Crippen molar-refractivity contribution in [3.05, 3.63) is 87.8 Å². The number of benzene rings is 2. The van der Waals surface area contributed by atoms with Crippen molar-refractivity contribution in [2.75, 3.05) is 0 Å². The number of furan rings is 1. The highest BCUT2D eigenvalue weighted by atomic mass is 35.5. The first kappa shape index (κ1) is 16.5. The molecule has 2 aromatic carbocycles. The Kier molecular flexibility index (Phi) is 3.76. The summed E-state index contributed by atoms with van der Waals surface area (Å²) in [5.74, 6) is 2.55. The number of hydrazone groups is 1. The summed E-state index contributed by atoms with van der Waals surface area (Å²) in [6.07, 6.45) is 0.476. The van der Waals surface area contributed by atoms with Gasteiger partial charge in [0, 0.05) is 22.6 Å². The number of hydrogen-bond acceptors (Lipinski definition) is 4. The lowest BCUT2D eigenvalue weighted by atomic mass is 9.97. The van der Waals surface area contributed by atoms with Gasteiger partial charge in [0.1, 0.15) is 23.0 Å². The Balaban J connectivity index is 1.60. The fourth-order valence-electron chi connectivity index (χ4n) is 3.75. The van der Waals surface area contributed by atoms with Gasteiger partial charge < -0.3 is 9.15 Å². The Hall–Kier alpha value is -2.72. The van der Waals surface area contributed by atoms with Crippen molar-refractivity contribution in [1.82, 2.24) is 5.01 Å². The van der Waals surface area contributed by atoms with Gasteiger partial charge in [0.25, 0.3) is 0 Å². The maximum Gasteiger partial charge on any atom is 0.213 e. The van der Waals surface area contributed by atoms with Crippen molar-refractivity contribution < 1.29 is 9.15 Å². The minimum Gasteiger partial charge on any atom is -0.464 e. The van der Waals surface area contributed by atoms with Crippen LogP contribution in [0.15, 0.2) is 64.1 Å². The highest BCUT2D eigenvalue weighted by Crippen LogP contribution is 2.48. The number of halogens is 1. The van der Waals surface area contributed by atoms with Crippen LogP contribution < -0.4 is 4.74 Å². The average molecular weight is 379 g/mol. The summed E-state index contributed by atoms with van der Waals surface area (Å²) >= 11 is 6.26. The molecule has 0 bridgehead atoms. The van der Waals surface area contributed by atoms with Crippen molar-refractivity contribution in [2.24, 2.45) is 5.10 Å². The molecule has 0 radical (unpaired) electrons. The van der Waals surface area contributed by atoms with E-state index in [0.717, 1.165) is 40.5 Å². The summed E-state index contributed by atoms with van der Waals surface area (Å²) < 4.78 is 12.2. The molecule has 0 fully saturated rings. The van der Waals surface area contributed by atoms with Gasteiger partial charge >= 0.3 is 0 Å². The van der Waals surface area contributed by atoms with Crippen LogP contribution in [0.25, 0.3) is 0 Å². The van der Waals surface area contributed by atoms with Gasteiger partial charge in [-0.25, -0.2) is 5.01 Å². The van der Waals surface area contributed by atoms with Crippen LogP contribution in [0.2, 0.25) is 5.02 Å². The second kappa shape index (κ2) is 6.17. The molecule has 1 aromatic heterocycles. The largest absolute Gasteiger partial charge is 0.464 e. The lowest BCUT2D eigenvalue weighted by Crippen LogP contribution is -2.33. The minimum absolute atomic E-state index is 0.0687. The second-order valence-corrected chi connectivity index (χ2v) is 7.56. The Morgan fingerprint density at radius 1 is 1.04 bits per heavy atom. The zero-order valence-corrected chi connectivity index (χ0v) is 15.9. The summed E-state index contributed by atoms with van der Waals surface area (Å²) in [6.45, 7) is 4.02. The van der Waals surface area contributed by atoms with Gasteiger partial charge in [-0.1, -0.05) is 41.4 Å². The summed E-state index contributed by atoms with van der Waals surface area (Å²) in [5, 5.41) is 7.63. The van der Waals surface area contributed by atoms with Gasteiger partial charge in [-0.15, -0.1) is 0 Å². The molecule has 0 aliphatic carbocycles.